The van der Waals surface area contributed by atoms with Crippen molar-refractivity contribution in [1.29, 1.82) is 0 Å². The molecule has 7 heteroatoms. The van der Waals surface area contributed by atoms with Gasteiger partial charge in [0.25, 0.3) is 0 Å². The van der Waals surface area contributed by atoms with Gasteiger partial charge in [-0.1, -0.05) is 6.07 Å². The molecule has 0 radical (unpaired) electrons. The fraction of sp³-hybridized carbons (Fsp3) is 0.632. The highest BCUT2D eigenvalue weighted by atomic mass is 19.1. The lowest BCUT2D eigenvalue weighted by Gasteiger charge is -2.13. The van der Waals surface area contributed by atoms with Gasteiger partial charge in [0.15, 0.2) is 5.96 Å². The Kier molecular flexibility index (Phi) is 9.38. The maximum Gasteiger partial charge on any atom is 0.191 e. The Balaban J connectivity index is 1.62. The van der Waals surface area contributed by atoms with Crippen molar-refractivity contribution in [3.8, 4) is 0 Å². The fourth-order valence-electron chi connectivity index (χ4n) is 2.76. The van der Waals surface area contributed by atoms with Crippen LogP contribution in [-0.2, 0) is 27.4 Å². The predicted molar refractivity (Wildman–Crippen MR) is 99.7 cm³/mol. The zero-order valence-corrected chi connectivity index (χ0v) is 15.7. The number of hydrogen-bond donors (Lipinski definition) is 2. The van der Waals surface area contributed by atoms with E-state index in [0.717, 1.165) is 51.4 Å². The number of nitrogens with one attached hydrogen (secondary N) is 2. The molecule has 1 unspecified atom stereocenters. The first-order valence-electron chi connectivity index (χ1n) is 9.09. The second-order valence-electron chi connectivity index (χ2n) is 6.37. The molecule has 0 aliphatic carbocycles. The number of ether oxygens (including phenoxy) is 3. The van der Waals surface area contributed by atoms with E-state index in [1.165, 1.54) is 6.07 Å². The SMILES string of the molecule is CN=C(NCCCOCC1CCOC1)NCc1ccc(F)c(COC)c1. The van der Waals surface area contributed by atoms with Crippen LogP contribution in [0.25, 0.3) is 0 Å². The van der Waals surface area contributed by atoms with E-state index in [4.69, 9.17) is 14.2 Å². The number of methoxy groups -OCH3 is 1. The molecule has 1 fully saturated rings. The topological polar surface area (TPSA) is 64.1 Å². The van der Waals surface area contributed by atoms with Crippen molar-refractivity contribution in [2.45, 2.75) is 26.0 Å². The highest BCUT2D eigenvalue weighted by Crippen LogP contribution is 2.12. The third kappa shape index (κ3) is 7.27. The molecule has 0 aromatic heterocycles. The fourth-order valence-corrected chi connectivity index (χ4v) is 2.76. The Bertz CT molecular complexity index is 563. The monoisotopic (exact) mass is 367 g/mol. The summed E-state index contributed by atoms with van der Waals surface area (Å²) in [5.41, 5.74) is 1.53. The number of aliphatic imine (C=N–C) groups is 1. The largest absolute Gasteiger partial charge is 0.381 e. The molecule has 1 heterocycles. The van der Waals surface area contributed by atoms with E-state index in [0.29, 0.717) is 24.0 Å². The summed E-state index contributed by atoms with van der Waals surface area (Å²) in [7, 11) is 3.29. The molecule has 26 heavy (non-hydrogen) atoms. The highest BCUT2D eigenvalue weighted by molar-refractivity contribution is 5.79. The Labute approximate surface area is 155 Å². The van der Waals surface area contributed by atoms with Gasteiger partial charge in [0.2, 0.25) is 0 Å². The molecule has 146 valence electrons. The molecule has 6 nitrogen and oxygen atoms in total. The number of benzene rings is 1. The molecule has 0 amide bonds. The first kappa shape index (κ1) is 20.6. The van der Waals surface area contributed by atoms with Gasteiger partial charge in [-0.15, -0.1) is 0 Å². The van der Waals surface area contributed by atoms with E-state index in [-0.39, 0.29) is 12.4 Å². The first-order chi connectivity index (χ1) is 12.7. The Morgan fingerprint density at radius 3 is 3.00 bits per heavy atom. The van der Waals surface area contributed by atoms with Gasteiger partial charge in [-0.3, -0.25) is 4.99 Å². The zero-order chi connectivity index (χ0) is 18.6. The molecule has 1 atom stereocenters. The molecule has 0 spiro atoms. The lowest BCUT2D eigenvalue weighted by Crippen LogP contribution is -2.37. The van der Waals surface area contributed by atoms with Crippen LogP contribution >= 0.6 is 0 Å². The second kappa shape index (κ2) is 11.8. The highest BCUT2D eigenvalue weighted by Gasteiger charge is 2.15. The molecule has 0 bridgehead atoms. The Hall–Kier alpha value is -1.70. The number of nitrogens with zero attached hydrogens (tertiary/aromatic N) is 1. The van der Waals surface area contributed by atoms with Gasteiger partial charge in [0.1, 0.15) is 5.82 Å². The molecule has 1 aromatic rings. The molecule has 0 saturated carbocycles. The lowest BCUT2D eigenvalue weighted by atomic mass is 10.1. The lowest BCUT2D eigenvalue weighted by molar-refractivity contribution is 0.0888. The quantitative estimate of drug-likeness (QED) is 0.377. The van der Waals surface area contributed by atoms with Crippen molar-refractivity contribution in [3.05, 3.63) is 35.1 Å². The van der Waals surface area contributed by atoms with Gasteiger partial charge in [-0.2, -0.15) is 0 Å². The van der Waals surface area contributed by atoms with E-state index >= 15 is 0 Å². The minimum absolute atomic E-state index is 0.248. The van der Waals surface area contributed by atoms with Gasteiger partial charge < -0.3 is 24.8 Å². The van der Waals surface area contributed by atoms with Crippen molar-refractivity contribution >= 4 is 5.96 Å². The van der Waals surface area contributed by atoms with Crippen LogP contribution in [0.4, 0.5) is 4.39 Å². The summed E-state index contributed by atoms with van der Waals surface area (Å²) in [5, 5.41) is 6.48. The van der Waals surface area contributed by atoms with Gasteiger partial charge >= 0.3 is 0 Å². The first-order valence-corrected chi connectivity index (χ1v) is 9.09. The molecule has 1 aromatic carbocycles. The van der Waals surface area contributed by atoms with Gasteiger partial charge in [0, 0.05) is 51.9 Å². The summed E-state index contributed by atoms with van der Waals surface area (Å²) in [4.78, 5) is 4.20. The second-order valence-corrected chi connectivity index (χ2v) is 6.37. The summed E-state index contributed by atoms with van der Waals surface area (Å²) in [6.45, 7) is 4.79. The van der Waals surface area contributed by atoms with E-state index in [1.54, 1.807) is 26.3 Å². The van der Waals surface area contributed by atoms with Crippen molar-refractivity contribution < 1.29 is 18.6 Å². The van der Waals surface area contributed by atoms with Crippen molar-refractivity contribution in [1.82, 2.24) is 10.6 Å². The van der Waals surface area contributed by atoms with Crippen LogP contribution in [0.5, 0.6) is 0 Å². The summed E-state index contributed by atoms with van der Waals surface area (Å²) < 4.78 is 29.7. The third-order valence-electron chi connectivity index (χ3n) is 4.23. The van der Waals surface area contributed by atoms with Gasteiger partial charge in [0.05, 0.1) is 19.8 Å². The third-order valence-corrected chi connectivity index (χ3v) is 4.23. The van der Waals surface area contributed by atoms with E-state index in [9.17, 15) is 4.39 Å². The van der Waals surface area contributed by atoms with Gasteiger partial charge in [-0.05, 0) is 30.5 Å². The standard InChI is InChI=1S/C19H30FN3O3/c1-21-19(22-7-3-8-25-12-16-6-9-26-13-16)23-11-15-4-5-18(20)17(10-15)14-24-2/h4-5,10,16H,3,6-9,11-14H2,1-2H3,(H2,21,22,23). The molecular formula is C19H30FN3O3. The smallest absolute Gasteiger partial charge is 0.191 e. The molecule has 2 N–H and O–H groups in total. The zero-order valence-electron chi connectivity index (χ0n) is 15.7. The van der Waals surface area contributed by atoms with Crippen molar-refractivity contribution in [2.75, 3.05) is 47.1 Å². The normalized spacial score (nSPS) is 17.5. The summed E-state index contributed by atoms with van der Waals surface area (Å²) in [6.07, 6.45) is 2.01. The van der Waals surface area contributed by atoms with Crippen molar-refractivity contribution in [2.24, 2.45) is 10.9 Å². The molecule has 1 aliphatic heterocycles. The van der Waals surface area contributed by atoms with Gasteiger partial charge in [-0.25, -0.2) is 4.39 Å². The van der Waals surface area contributed by atoms with Crippen LogP contribution in [0.1, 0.15) is 24.0 Å². The number of hydrogen-bond acceptors (Lipinski definition) is 4. The van der Waals surface area contributed by atoms with Crippen LogP contribution in [-0.4, -0.2) is 53.1 Å². The number of guanidine groups is 1. The summed E-state index contributed by atoms with van der Waals surface area (Å²) in [6, 6.07) is 5.03. The molecular weight excluding hydrogens is 337 g/mol. The summed E-state index contributed by atoms with van der Waals surface area (Å²) in [5.74, 6) is 1.02. The molecule has 2 rings (SSSR count). The average molecular weight is 367 g/mol. The van der Waals surface area contributed by atoms with Crippen LogP contribution in [0.3, 0.4) is 0 Å². The maximum absolute atomic E-state index is 13.6. The predicted octanol–water partition coefficient (Wildman–Crippen LogP) is 2.08. The van der Waals surface area contributed by atoms with Crippen LogP contribution in [0.15, 0.2) is 23.2 Å². The van der Waals surface area contributed by atoms with Crippen LogP contribution in [0, 0.1) is 11.7 Å². The number of rotatable bonds is 10. The molecule has 1 saturated heterocycles. The van der Waals surface area contributed by atoms with Crippen LogP contribution in [0.2, 0.25) is 0 Å². The van der Waals surface area contributed by atoms with E-state index in [2.05, 4.69) is 15.6 Å². The minimum Gasteiger partial charge on any atom is -0.381 e. The minimum atomic E-state index is -0.248. The van der Waals surface area contributed by atoms with E-state index in [1.807, 2.05) is 0 Å². The number of halogens is 1. The maximum atomic E-state index is 13.6. The van der Waals surface area contributed by atoms with Crippen molar-refractivity contribution in [3.63, 3.8) is 0 Å². The van der Waals surface area contributed by atoms with Crippen LogP contribution < -0.4 is 10.6 Å². The Morgan fingerprint density at radius 2 is 2.27 bits per heavy atom. The average Bonchev–Trinajstić information content (AvgIpc) is 3.16. The summed E-state index contributed by atoms with van der Waals surface area (Å²) >= 11 is 0. The van der Waals surface area contributed by atoms with E-state index < -0.39 is 0 Å². The molecule has 1 aliphatic rings. The Morgan fingerprint density at radius 1 is 1.38 bits per heavy atom.